The molecule has 0 radical (unpaired) electrons. The zero-order valence-electron chi connectivity index (χ0n) is 15.7. The number of carboxylic acid groups (broad SMARTS) is 1. The Labute approximate surface area is 178 Å². The van der Waals surface area contributed by atoms with Crippen LogP contribution >= 0.6 is 11.6 Å². The van der Waals surface area contributed by atoms with Crippen LogP contribution in [-0.4, -0.2) is 23.3 Å². The summed E-state index contributed by atoms with van der Waals surface area (Å²) in [5.74, 6) is -0.406. The van der Waals surface area contributed by atoms with E-state index in [1.54, 1.807) is 48.5 Å². The number of anilines is 1. The van der Waals surface area contributed by atoms with Crippen molar-refractivity contribution in [2.75, 3.05) is 5.32 Å². The van der Waals surface area contributed by atoms with Gasteiger partial charge in [0.25, 0.3) is 0 Å². The number of rotatable bonds is 7. The summed E-state index contributed by atoms with van der Waals surface area (Å²) >= 11 is 5.88. The van der Waals surface area contributed by atoms with Crippen LogP contribution in [0.1, 0.15) is 21.5 Å². The quantitative estimate of drug-likeness (QED) is 0.376. The van der Waals surface area contributed by atoms with Gasteiger partial charge >= 0.3 is 12.0 Å². The highest BCUT2D eigenvalue weighted by molar-refractivity contribution is 6.30. The maximum atomic E-state index is 11.9. The van der Waals surface area contributed by atoms with Crippen LogP contribution in [0.5, 0.6) is 5.75 Å². The second-order valence-electron chi connectivity index (χ2n) is 6.16. The van der Waals surface area contributed by atoms with E-state index >= 15 is 0 Å². The number of nitrogens with zero attached hydrogens (tertiary/aromatic N) is 1. The molecule has 152 valence electrons. The molecule has 0 aliphatic rings. The van der Waals surface area contributed by atoms with Crippen LogP contribution < -0.4 is 15.5 Å². The SMILES string of the molecule is O=C(N/N=C/c1ccccc1OCc1ccc(C(=O)O)cc1)Nc1cccc(Cl)c1. The van der Waals surface area contributed by atoms with Crippen LogP contribution in [0.4, 0.5) is 10.5 Å². The maximum Gasteiger partial charge on any atom is 0.339 e. The molecule has 3 aromatic carbocycles. The summed E-state index contributed by atoms with van der Waals surface area (Å²) in [4.78, 5) is 22.8. The predicted molar refractivity (Wildman–Crippen MR) is 115 cm³/mol. The van der Waals surface area contributed by atoms with Crippen LogP contribution in [0.3, 0.4) is 0 Å². The number of carboxylic acids is 1. The third-order valence-corrected chi connectivity index (χ3v) is 4.20. The van der Waals surface area contributed by atoms with Gasteiger partial charge in [0.05, 0.1) is 11.8 Å². The Morgan fingerprint density at radius 3 is 2.53 bits per heavy atom. The molecule has 0 aliphatic heterocycles. The first-order chi connectivity index (χ1) is 14.5. The predicted octanol–water partition coefficient (Wildman–Crippen LogP) is 4.77. The second-order valence-corrected chi connectivity index (χ2v) is 6.60. The van der Waals surface area contributed by atoms with Crippen molar-refractivity contribution in [2.45, 2.75) is 6.61 Å². The molecule has 0 spiro atoms. The molecule has 0 unspecified atom stereocenters. The number of hydrazone groups is 1. The molecule has 0 aliphatic carbocycles. The molecule has 30 heavy (non-hydrogen) atoms. The van der Waals surface area contributed by atoms with E-state index in [4.69, 9.17) is 21.4 Å². The molecule has 3 aromatic rings. The highest BCUT2D eigenvalue weighted by Crippen LogP contribution is 2.18. The van der Waals surface area contributed by atoms with E-state index in [1.807, 2.05) is 12.1 Å². The van der Waals surface area contributed by atoms with Crippen molar-refractivity contribution < 1.29 is 19.4 Å². The van der Waals surface area contributed by atoms with Crippen LogP contribution in [0.15, 0.2) is 77.9 Å². The zero-order valence-corrected chi connectivity index (χ0v) is 16.5. The molecule has 3 N–H and O–H groups in total. The lowest BCUT2D eigenvalue weighted by Gasteiger charge is -2.09. The van der Waals surface area contributed by atoms with Crippen LogP contribution in [0.25, 0.3) is 0 Å². The first kappa shape index (κ1) is 20.9. The van der Waals surface area contributed by atoms with E-state index in [0.717, 1.165) is 5.56 Å². The minimum absolute atomic E-state index is 0.216. The van der Waals surface area contributed by atoms with Crippen molar-refractivity contribution in [1.29, 1.82) is 0 Å². The molecule has 0 heterocycles. The number of amides is 2. The molecule has 8 heteroatoms. The Balaban J connectivity index is 1.57. The third kappa shape index (κ3) is 6.08. The summed E-state index contributed by atoms with van der Waals surface area (Å²) in [5, 5.41) is 16.0. The monoisotopic (exact) mass is 423 g/mol. The lowest BCUT2D eigenvalue weighted by Crippen LogP contribution is -2.24. The zero-order chi connectivity index (χ0) is 21.3. The van der Waals surface area contributed by atoms with E-state index in [-0.39, 0.29) is 12.2 Å². The van der Waals surface area contributed by atoms with E-state index in [1.165, 1.54) is 18.3 Å². The summed E-state index contributed by atoms with van der Waals surface area (Å²) in [7, 11) is 0. The number of ether oxygens (including phenoxy) is 1. The number of halogens is 1. The Hall–Kier alpha value is -3.84. The summed E-state index contributed by atoms with van der Waals surface area (Å²) in [6, 6.07) is 19.9. The van der Waals surface area contributed by atoms with Gasteiger partial charge in [0.2, 0.25) is 0 Å². The summed E-state index contributed by atoms with van der Waals surface area (Å²) < 4.78 is 5.81. The normalized spacial score (nSPS) is 10.6. The number of nitrogens with one attached hydrogen (secondary N) is 2. The lowest BCUT2D eigenvalue weighted by atomic mass is 10.1. The molecular formula is C22H18ClN3O4. The standard InChI is InChI=1S/C22H18ClN3O4/c23-18-5-3-6-19(12-18)25-22(29)26-24-13-17-4-1-2-7-20(17)30-14-15-8-10-16(11-9-15)21(27)28/h1-13H,14H2,(H,27,28)(H2,25,26,29)/b24-13+. The van der Waals surface area contributed by atoms with E-state index in [9.17, 15) is 9.59 Å². The van der Waals surface area contributed by atoms with Gasteiger partial charge in [-0.25, -0.2) is 15.0 Å². The van der Waals surface area contributed by atoms with Crippen molar-refractivity contribution in [1.82, 2.24) is 5.43 Å². The molecule has 0 fully saturated rings. The molecule has 0 aromatic heterocycles. The first-order valence-corrected chi connectivity index (χ1v) is 9.29. The molecule has 0 saturated heterocycles. The summed E-state index contributed by atoms with van der Waals surface area (Å²) in [5.41, 5.74) is 4.64. The number of carbonyl (C=O) groups is 2. The van der Waals surface area contributed by atoms with Crippen molar-refractivity contribution in [3.63, 3.8) is 0 Å². The van der Waals surface area contributed by atoms with Gasteiger partial charge in [0, 0.05) is 16.3 Å². The van der Waals surface area contributed by atoms with Crippen LogP contribution in [-0.2, 0) is 6.61 Å². The average Bonchev–Trinajstić information content (AvgIpc) is 2.73. The minimum atomic E-state index is -0.976. The molecule has 0 saturated carbocycles. The second kappa shape index (κ2) is 10.1. The third-order valence-electron chi connectivity index (χ3n) is 3.97. The van der Waals surface area contributed by atoms with Crippen LogP contribution in [0, 0.1) is 0 Å². The van der Waals surface area contributed by atoms with Gasteiger partial charge in [0.15, 0.2) is 0 Å². The Bertz CT molecular complexity index is 1070. The van der Waals surface area contributed by atoms with Gasteiger partial charge in [-0.1, -0.05) is 41.9 Å². The van der Waals surface area contributed by atoms with Gasteiger partial charge in [-0.05, 0) is 48.0 Å². The van der Waals surface area contributed by atoms with Crippen molar-refractivity contribution in [3.8, 4) is 5.75 Å². The van der Waals surface area contributed by atoms with Gasteiger partial charge < -0.3 is 15.2 Å². The highest BCUT2D eigenvalue weighted by Gasteiger charge is 2.05. The molecule has 0 atom stereocenters. The number of benzene rings is 3. The summed E-state index contributed by atoms with van der Waals surface area (Å²) in [6.45, 7) is 0.257. The van der Waals surface area contributed by atoms with Gasteiger partial charge in [-0.3, -0.25) is 0 Å². The first-order valence-electron chi connectivity index (χ1n) is 8.91. The van der Waals surface area contributed by atoms with Crippen molar-refractivity contribution in [3.05, 3.63) is 94.5 Å². The number of para-hydroxylation sites is 1. The minimum Gasteiger partial charge on any atom is -0.488 e. The summed E-state index contributed by atoms with van der Waals surface area (Å²) in [6.07, 6.45) is 1.47. The number of urea groups is 1. The fourth-order valence-corrected chi connectivity index (χ4v) is 2.70. The molecule has 3 rings (SSSR count). The topological polar surface area (TPSA) is 100 Å². The Morgan fingerprint density at radius 1 is 1.03 bits per heavy atom. The van der Waals surface area contributed by atoms with Crippen molar-refractivity contribution in [2.24, 2.45) is 5.10 Å². The van der Waals surface area contributed by atoms with Crippen molar-refractivity contribution >= 4 is 35.5 Å². The lowest BCUT2D eigenvalue weighted by molar-refractivity contribution is 0.0697. The maximum absolute atomic E-state index is 11.9. The molecule has 0 bridgehead atoms. The number of hydrogen-bond acceptors (Lipinski definition) is 4. The number of aromatic carboxylic acids is 1. The van der Waals surface area contributed by atoms with Gasteiger partial charge in [0.1, 0.15) is 12.4 Å². The Kier molecular flexibility index (Phi) is 7.02. The number of carbonyl (C=O) groups excluding carboxylic acids is 1. The van der Waals surface area contributed by atoms with E-state index in [2.05, 4.69) is 15.8 Å². The largest absolute Gasteiger partial charge is 0.488 e. The smallest absolute Gasteiger partial charge is 0.339 e. The van der Waals surface area contributed by atoms with E-state index < -0.39 is 12.0 Å². The van der Waals surface area contributed by atoms with Crippen LogP contribution in [0.2, 0.25) is 5.02 Å². The molecular weight excluding hydrogens is 406 g/mol. The highest BCUT2D eigenvalue weighted by atomic mass is 35.5. The van der Waals surface area contributed by atoms with Gasteiger partial charge in [-0.15, -0.1) is 0 Å². The number of hydrogen-bond donors (Lipinski definition) is 3. The average molecular weight is 424 g/mol. The molecule has 2 amide bonds. The molecule has 7 nitrogen and oxygen atoms in total. The van der Waals surface area contributed by atoms with Gasteiger partial charge in [-0.2, -0.15) is 5.10 Å². The fraction of sp³-hybridized carbons (Fsp3) is 0.0455. The fourth-order valence-electron chi connectivity index (χ4n) is 2.51. The Morgan fingerprint density at radius 2 is 1.80 bits per heavy atom. The van der Waals surface area contributed by atoms with E-state index in [0.29, 0.717) is 22.0 Å².